The Morgan fingerprint density at radius 2 is 2.67 bits per heavy atom. The highest BCUT2D eigenvalue weighted by atomic mass is 16.8. The summed E-state index contributed by atoms with van der Waals surface area (Å²) in [7, 11) is 0. The van der Waals surface area contributed by atoms with Crippen LogP contribution in [0.15, 0.2) is 5.16 Å². The van der Waals surface area contributed by atoms with Crippen LogP contribution in [-0.2, 0) is 9.57 Å². The van der Waals surface area contributed by atoms with Crippen LogP contribution in [0.2, 0.25) is 0 Å². The first-order valence-electron chi connectivity index (χ1n) is 3.14. The van der Waals surface area contributed by atoms with Gasteiger partial charge in [0.1, 0.15) is 0 Å². The van der Waals surface area contributed by atoms with Crippen molar-refractivity contribution in [3.05, 3.63) is 0 Å². The van der Waals surface area contributed by atoms with Crippen molar-refractivity contribution >= 4 is 5.71 Å². The third-order valence-corrected chi connectivity index (χ3v) is 1.14. The van der Waals surface area contributed by atoms with Gasteiger partial charge in [-0.05, 0) is 13.8 Å². The third-order valence-electron chi connectivity index (χ3n) is 1.14. The molecule has 1 rings (SSSR count). The van der Waals surface area contributed by atoms with Crippen molar-refractivity contribution in [3.63, 3.8) is 0 Å². The van der Waals surface area contributed by atoms with Gasteiger partial charge in [-0.1, -0.05) is 5.16 Å². The molecule has 0 fully saturated rings. The van der Waals surface area contributed by atoms with E-state index in [0.717, 1.165) is 12.1 Å². The van der Waals surface area contributed by atoms with E-state index in [0.29, 0.717) is 6.61 Å². The Kier molecular flexibility index (Phi) is 2.05. The molecular weight excluding hydrogens is 118 g/mol. The number of ether oxygens (including phenoxy) is 1. The SMILES string of the molecule is CCOC1CC(C)=NO1. The van der Waals surface area contributed by atoms with E-state index in [1.165, 1.54) is 0 Å². The highest BCUT2D eigenvalue weighted by Crippen LogP contribution is 2.10. The Morgan fingerprint density at radius 3 is 3.11 bits per heavy atom. The Labute approximate surface area is 54.6 Å². The average Bonchev–Trinajstić information content (AvgIpc) is 2.17. The van der Waals surface area contributed by atoms with Crippen LogP contribution in [-0.4, -0.2) is 18.6 Å². The van der Waals surface area contributed by atoms with Gasteiger partial charge >= 0.3 is 0 Å². The summed E-state index contributed by atoms with van der Waals surface area (Å²) in [6.45, 7) is 4.56. The largest absolute Gasteiger partial charge is 0.363 e. The van der Waals surface area contributed by atoms with E-state index in [2.05, 4.69) is 5.16 Å². The molecule has 1 heterocycles. The van der Waals surface area contributed by atoms with Gasteiger partial charge in [-0.3, -0.25) is 0 Å². The molecule has 0 amide bonds. The molecule has 0 aromatic heterocycles. The van der Waals surface area contributed by atoms with E-state index in [1.807, 2.05) is 13.8 Å². The van der Waals surface area contributed by atoms with Crippen LogP contribution in [0.1, 0.15) is 20.3 Å². The van der Waals surface area contributed by atoms with Crippen molar-refractivity contribution in [1.29, 1.82) is 0 Å². The highest BCUT2D eigenvalue weighted by Gasteiger charge is 2.16. The standard InChI is InChI=1S/C6H11NO2/c1-3-8-6-4-5(2)7-9-6/h6H,3-4H2,1-2H3. The summed E-state index contributed by atoms with van der Waals surface area (Å²) in [6, 6.07) is 0. The van der Waals surface area contributed by atoms with Gasteiger partial charge in [0, 0.05) is 6.61 Å². The number of rotatable bonds is 2. The normalized spacial score (nSPS) is 25.6. The van der Waals surface area contributed by atoms with E-state index in [1.54, 1.807) is 0 Å². The van der Waals surface area contributed by atoms with Crippen LogP contribution in [0, 0.1) is 0 Å². The molecule has 0 aliphatic carbocycles. The summed E-state index contributed by atoms with van der Waals surface area (Å²) in [5, 5.41) is 3.73. The molecular formula is C6H11NO2. The highest BCUT2D eigenvalue weighted by molar-refractivity contribution is 5.82. The first kappa shape index (κ1) is 6.55. The van der Waals surface area contributed by atoms with Crippen LogP contribution < -0.4 is 0 Å². The minimum Gasteiger partial charge on any atom is -0.363 e. The summed E-state index contributed by atoms with van der Waals surface area (Å²) < 4.78 is 5.14. The molecule has 1 aliphatic heterocycles. The van der Waals surface area contributed by atoms with Gasteiger partial charge in [0.05, 0.1) is 12.1 Å². The molecule has 3 nitrogen and oxygen atoms in total. The van der Waals surface area contributed by atoms with Gasteiger partial charge in [0.2, 0.25) is 6.29 Å². The Balaban J connectivity index is 2.21. The van der Waals surface area contributed by atoms with Gasteiger partial charge in [0.15, 0.2) is 0 Å². The van der Waals surface area contributed by atoms with Gasteiger partial charge in [-0.25, -0.2) is 0 Å². The second-order valence-electron chi connectivity index (χ2n) is 2.02. The van der Waals surface area contributed by atoms with Crippen molar-refractivity contribution in [3.8, 4) is 0 Å². The van der Waals surface area contributed by atoms with Crippen LogP contribution in [0.25, 0.3) is 0 Å². The van der Waals surface area contributed by atoms with Crippen molar-refractivity contribution < 1.29 is 9.57 Å². The zero-order valence-electron chi connectivity index (χ0n) is 5.76. The lowest BCUT2D eigenvalue weighted by Gasteiger charge is -2.05. The maximum atomic E-state index is 5.14. The minimum absolute atomic E-state index is 0.116. The monoisotopic (exact) mass is 129 g/mol. The fourth-order valence-electron chi connectivity index (χ4n) is 0.740. The molecule has 1 unspecified atom stereocenters. The van der Waals surface area contributed by atoms with Gasteiger partial charge < -0.3 is 9.57 Å². The Morgan fingerprint density at radius 1 is 1.89 bits per heavy atom. The zero-order chi connectivity index (χ0) is 6.69. The predicted molar refractivity (Wildman–Crippen MR) is 34.2 cm³/mol. The Hall–Kier alpha value is -0.570. The van der Waals surface area contributed by atoms with E-state index >= 15 is 0 Å². The molecule has 3 heteroatoms. The number of nitrogens with zero attached hydrogens (tertiary/aromatic N) is 1. The molecule has 1 aliphatic rings. The van der Waals surface area contributed by atoms with Crippen LogP contribution in [0.5, 0.6) is 0 Å². The van der Waals surface area contributed by atoms with E-state index in [-0.39, 0.29) is 6.29 Å². The molecule has 0 bridgehead atoms. The summed E-state index contributed by atoms with van der Waals surface area (Å²) in [5.41, 5.74) is 1.01. The molecule has 0 spiro atoms. The molecule has 0 saturated carbocycles. The summed E-state index contributed by atoms with van der Waals surface area (Å²) >= 11 is 0. The average molecular weight is 129 g/mol. The second-order valence-corrected chi connectivity index (χ2v) is 2.02. The molecule has 0 aromatic carbocycles. The molecule has 52 valence electrons. The summed E-state index contributed by atoms with van der Waals surface area (Å²) in [4.78, 5) is 4.87. The molecule has 0 N–H and O–H groups in total. The fourth-order valence-corrected chi connectivity index (χ4v) is 0.740. The van der Waals surface area contributed by atoms with Gasteiger partial charge in [0.25, 0.3) is 0 Å². The molecule has 0 radical (unpaired) electrons. The molecule has 0 aromatic rings. The quantitative estimate of drug-likeness (QED) is 0.559. The smallest absolute Gasteiger partial charge is 0.232 e. The lowest BCUT2D eigenvalue weighted by atomic mass is 10.3. The maximum absolute atomic E-state index is 5.14. The minimum atomic E-state index is -0.116. The van der Waals surface area contributed by atoms with Crippen LogP contribution >= 0.6 is 0 Å². The lowest BCUT2D eigenvalue weighted by molar-refractivity contribution is -0.120. The van der Waals surface area contributed by atoms with E-state index < -0.39 is 0 Å². The van der Waals surface area contributed by atoms with Gasteiger partial charge in [-0.15, -0.1) is 0 Å². The fraction of sp³-hybridized carbons (Fsp3) is 0.833. The summed E-state index contributed by atoms with van der Waals surface area (Å²) in [6.07, 6.45) is 0.698. The van der Waals surface area contributed by atoms with Crippen molar-refractivity contribution in [1.82, 2.24) is 0 Å². The first-order chi connectivity index (χ1) is 4.33. The van der Waals surface area contributed by atoms with Crippen molar-refractivity contribution in [2.75, 3.05) is 6.61 Å². The molecule has 0 saturated heterocycles. The van der Waals surface area contributed by atoms with E-state index in [4.69, 9.17) is 9.57 Å². The third kappa shape index (κ3) is 1.68. The Bertz CT molecular complexity index is 122. The lowest BCUT2D eigenvalue weighted by Crippen LogP contribution is -2.11. The zero-order valence-corrected chi connectivity index (χ0v) is 5.76. The van der Waals surface area contributed by atoms with Crippen LogP contribution in [0.3, 0.4) is 0 Å². The first-order valence-corrected chi connectivity index (χ1v) is 3.14. The second kappa shape index (κ2) is 2.82. The topological polar surface area (TPSA) is 30.8 Å². The van der Waals surface area contributed by atoms with E-state index in [9.17, 15) is 0 Å². The van der Waals surface area contributed by atoms with Gasteiger partial charge in [-0.2, -0.15) is 0 Å². The van der Waals surface area contributed by atoms with Crippen molar-refractivity contribution in [2.24, 2.45) is 5.16 Å². The van der Waals surface area contributed by atoms with Crippen molar-refractivity contribution in [2.45, 2.75) is 26.6 Å². The maximum Gasteiger partial charge on any atom is 0.232 e. The number of oxime groups is 1. The number of hydrogen-bond acceptors (Lipinski definition) is 3. The van der Waals surface area contributed by atoms with Crippen LogP contribution in [0.4, 0.5) is 0 Å². The molecule has 9 heavy (non-hydrogen) atoms. The molecule has 1 atom stereocenters. The number of hydrogen-bond donors (Lipinski definition) is 0. The summed E-state index contributed by atoms with van der Waals surface area (Å²) in [5.74, 6) is 0. The predicted octanol–water partition coefficient (Wildman–Crippen LogP) is 1.15.